The van der Waals surface area contributed by atoms with Gasteiger partial charge in [0.05, 0.1) is 0 Å². The van der Waals surface area contributed by atoms with Gasteiger partial charge in [0.1, 0.15) is 6.61 Å². The number of amides is 3. The minimum Gasteiger partial charge on any atom is -0.375 e. The molecule has 6 heteroatoms. The van der Waals surface area contributed by atoms with Crippen molar-refractivity contribution >= 4 is 23.3 Å². The summed E-state index contributed by atoms with van der Waals surface area (Å²) >= 11 is 0. The largest absolute Gasteiger partial charge is 0.375 e. The van der Waals surface area contributed by atoms with Gasteiger partial charge in [-0.05, 0) is 49.9 Å². The van der Waals surface area contributed by atoms with Gasteiger partial charge in [-0.15, -0.1) is 0 Å². The van der Waals surface area contributed by atoms with Crippen molar-refractivity contribution in [3.8, 4) is 0 Å². The molecule has 0 saturated carbocycles. The normalized spacial score (nSPS) is 11.9. The van der Waals surface area contributed by atoms with Gasteiger partial charge in [-0.1, -0.05) is 13.8 Å². The fraction of sp³-hybridized carbons (Fsp3) is 0.529. The van der Waals surface area contributed by atoms with Gasteiger partial charge in [0.15, 0.2) is 0 Å². The lowest BCUT2D eigenvalue weighted by atomic mass is 10.0. The molecule has 6 nitrogen and oxygen atoms in total. The number of urea groups is 1. The van der Waals surface area contributed by atoms with Crippen LogP contribution in [0.4, 0.5) is 16.2 Å². The fourth-order valence-corrected chi connectivity index (χ4v) is 2.01. The number of hydrogen-bond donors (Lipinski definition) is 3. The minimum absolute atomic E-state index is 0.0106. The van der Waals surface area contributed by atoms with Gasteiger partial charge in [0, 0.05) is 24.5 Å². The van der Waals surface area contributed by atoms with Crippen LogP contribution in [0.25, 0.3) is 0 Å². The highest BCUT2D eigenvalue weighted by molar-refractivity contribution is 5.93. The first-order valence-electron chi connectivity index (χ1n) is 7.87. The van der Waals surface area contributed by atoms with Crippen LogP contribution >= 0.6 is 0 Å². The summed E-state index contributed by atoms with van der Waals surface area (Å²) in [6, 6.07) is 6.83. The van der Waals surface area contributed by atoms with Gasteiger partial charge in [-0.3, -0.25) is 4.79 Å². The second kappa shape index (κ2) is 9.84. The fourth-order valence-electron chi connectivity index (χ4n) is 2.01. The number of rotatable bonds is 8. The Morgan fingerprint density at radius 2 is 1.57 bits per heavy atom. The molecule has 128 valence electrons. The molecule has 0 aliphatic heterocycles. The third-order valence-corrected chi connectivity index (χ3v) is 3.26. The second-order valence-corrected chi connectivity index (χ2v) is 6.03. The van der Waals surface area contributed by atoms with E-state index in [1.54, 1.807) is 24.3 Å². The molecule has 1 aromatic rings. The van der Waals surface area contributed by atoms with Crippen molar-refractivity contribution < 1.29 is 14.3 Å². The van der Waals surface area contributed by atoms with Crippen LogP contribution in [0.3, 0.4) is 0 Å². The van der Waals surface area contributed by atoms with Crippen LogP contribution in [-0.2, 0) is 9.53 Å². The molecule has 0 bridgehead atoms. The van der Waals surface area contributed by atoms with Gasteiger partial charge in [0.25, 0.3) is 0 Å². The maximum absolute atomic E-state index is 11.9. The number of carbonyl (C=O) groups is 2. The predicted octanol–water partition coefficient (Wildman–Crippen LogP) is 3.22. The summed E-state index contributed by atoms with van der Waals surface area (Å²) in [5.41, 5.74) is 1.33. The van der Waals surface area contributed by atoms with E-state index in [4.69, 9.17) is 4.74 Å². The summed E-state index contributed by atoms with van der Waals surface area (Å²) in [5, 5.41) is 8.38. The Hall–Kier alpha value is -2.08. The van der Waals surface area contributed by atoms with Crippen molar-refractivity contribution in [2.24, 2.45) is 5.92 Å². The van der Waals surface area contributed by atoms with Crippen LogP contribution in [0.1, 0.15) is 33.6 Å². The van der Waals surface area contributed by atoms with Gasteiger partial charge in [-0.2, -0.15) is 0 Å². The lowest BCUT2D eigenvalue weighted by Gasteiger charge is -2.16. The van der Waals surface area contributed by atoms with Crippen molar-refractivity contribution in [3.05, 3.63) is 24.3 Å². The van der Waals surface area contributed by atoms with Crippen LogP contribution in [-0.4, -0.2) is 31.7 Å². The first-order chi connectivity index (χ1) is 10.9. The lowest BCUT2D eigenvalue weighted by molar-refractivity contribution is -0.119. The van der Waals surface area contributed by atoms with E-state index in [-0.39, 0.29) is 24.6 Å². The first-order valence-corrected chi connectivity index (χ1v) is 7.87. The summed E-state index contributed by atoms with van der Waals surface area (Å²) in [5.74, 6) is 0.410. The summed E-state index contributed by atoms with van der Waals surface area (Å²) in [4.78, 5) is 23.3. The monoisotopic (exact) mass is 321 g/mol. The van der Waals surface area contributed by atoms with E-state index in [1.165, 1.54) is 7.11 Å². The topological polar surface area (TPSA) is 79.5 Å². The smallest absolute Gasteiger partial charge is 0.319 e. The maximum atomic E-state index is 11.9. The highest BCUT2D eigenvalue weighted by Gasteiger charge is 2.08. The Labute approximate surface area is 138 Å². The average Bonchev–Trinajstić information content (AvgIpc) is 2.47. The maximum Gasteiger partial charge on any atom is 0.319 e. The van der Waals surface area contributed by atoms with E-state index in [2.05, 4.69) is 29.8 Å². The van der Waals surface area contributed by atoms with Crippen LogP contribution in [0.2, 0.25) is 0 Å². The number of benzene rings is 1. The van der Waals surface area contributed by atoms with Gasteiger partial charge < -0.3 is 20.7 Å². The molecule has 0 saturated heterocycles. The summed E-state index contributed by atoms with van der Waals surface area (Å²) in [6.45, 7) is 6.34. The van der Waals surface area contributed by atoms with Crippen LogP contribution in [0, 0.1) is 5.92 Å². The van der Waals surface area contributed by atoms with Crippen molar-refractivity contribution in [2.75, 3.05) is 24.4 Å². The quantitative estimate of drug-likeness (QED) is 0.688. The summed E-state index contributed by atoms with van der Waals surface area (Å²) < 4.78 is 4.75. The van der Waals surface area contributed by atoms with E-state index in [9.17, 15) is 9.59 Å². The van der Waals surface area contributed by atoms with Crippen LogP contribution < -0.4 is 16.0 Å². The van der Waals surface area contributed by atoms with Crippen LogP contribution in [0.15, 0.2) is 24.3 Å². The highest BCUT2D eigenvalue weighted by Crippen LogP contribution is 2.13. The van der Waals surface area contributed by atoms with Crippen LogP contribution in [0.5, 0.6) is 0 Å². The molecule has 0 spiro atoms. The molecule has 0 aromatic heterocycles. The molecule has 1 rings (SSSR count). The summed E-state index contributed by atoms with van der Waals surface area (Å²) in [6.07, 6.45) is 2.03. The zero-order chi connectivity index (χ0) is 17.2. The molecule has 0 aliphatic carbocycles. The molecule has 23 heavy (non-hydrogen) atoms. The zero-order valence-electron chi connectivity index (χ0n) is 14.3. The molecule has 1 aromatic carbocycles. The molecular weight excluding hydrogens is 294 g/mol. The minimum atomic E-state index is -0.225. The SMILES string of the molecule is COCC(=O)Nc1ccc(NC(=O)NC(C)CCC(C)C)cc1. The number of ether oxygens (including phenoxy) is 1. The standard InChI is InChI=1S/C17H27N3O3/c1-12(2)5-6-13(3)18-17(22)20-15-9-7-14(8-10-15)19-16(21)11-23-4/h7-10,12-13H,5-6,11H2,1-4H3,(H,19,21)(H2,18,20,22). The van der Waals surface area contributed by atoms with Gasteiger partial charge >= 0.3 is 6.03 Å². The van der Waals surface area contributed by atoms with Crippen molar-refractivity contribution in [3.63, 3.8) is 0 Å². The first kappa shape index (κ1) is 19.0. The van der Waals surface area contributed by atoms with E-state index >= 15 is 0 Å². The molecular formula is C17H27N3O3. The predicted molar refractivity (Wildman–Crippen MR) is 92.6 cm³/mol. The van der Waals surface area contributed by atoms with E-state index in [1.807, 2.05) is 6.92 Å². The second-order valence-electron chi connectivity index (χ2n) is 6.03. The van der Waals surface area contributed by atoms with E-state index < -0.39 is 0 Å². The Morgan fingerprint density at radius 3 is 2.09 bits per heavy atom. The van der Waals surface area contributed by atoms with Crippen molar-refractivity contribution in [1.29, 1.82) is 0 Å². The zero-order valence-corrected chi connectivity index (χ0v) is 14.3. The molecule has 0 fully saturated rings. The third-order valence-electron chi connectivity index (χ3n) is 3.26. The Bertz CT molecular complexity index is 500. The van der Waals surface area contributed by atoms with Crippen molar-refractivity contribution in [2.45, 2.75) is 39.7 Å². The molecule has 3 N–H and O–H groups in total. The Morgan fingerprint density at radius 1 is 1.00 bits per heavy atom. The number of nitrogens with one attached hydrogen (secondary N) is 3. The van der Waals surface area contributed by atoms with E-state index in [0.29, 0.717) is 17.3 Å². The molecule has 0 aliphatic rings. The number of anilines is 2. The number of methoxy groups -OCH3 is 1. The average molecular weight is 321 g/mol. The third kappa shape index (κ3) is 8.21. The van der Waals surface area contributed by atoms with Gasteiger partial charge in [-0.25, -0.2) is 4.79 Å². The molecule has 1 unspecified atom stereocenters. The van der Waals surface area contributed by atoms with Gasteiger partial charge in [0.2, 0.25) is 5.91 Å². The Kier molecular flexibility index (Phi) is 8.11. The summed E-state index contributed by atoms with van der Waals surface area (Å²) in [7, 11) is 1.47. The molecule has 0 heterocycles. The molecule has 0 radical (unpaired) electrons. The van der Waals surface area contributed by atoms with Crippen molar-refractivity contribution in [1.82, 2.24) is 5.32 Å². The number of hydrogen-bond acceptors (Lipinski definition) is 3. The lowest BCUT2D eigenvalue weighted by Crippen LogP contribution is -2.36. The van der Waals surface area contributed by atoms with E-state index in [0.717, 1.165) is 12.8 Å². The number of carbonyl (C=O) groups excluding carboxylic acids is 2. The Balaban J connectivity index is 2.42. The molecule has 3 amide bonds. The highest BCUT2D eigenvalue weighted by atomic mass is 16.5. The molecule has 1 atom stereocenters.